The Kier molecular flexibility index (Phi) is 8.83. The minimum Gasteiger partial charge on any atom is -0.548 e. The molecule has 0 radical (unpaired) electrons. The van der Waals surface area contributed by atoms with Crippen molar-refractivity contribution in [3.8, 4) is 28.7 Å². The van der Waals surface area contributed by atoms with Crippen molar-refractivity contribution in [1.82, 2.24) is 9.88 Å². The van der Waals surface area contributed by atoms with E-state index < -0.39 is 18.6 Å². The minimum atomic E-state index is -1.39. The summed E-state index contributed by atoms with van der Waals surface area (Å²) in [6, 6.07) is 21.7. The maximum absolute atomic E-state index is 12.8. The summed E-state index contributed by atoms with van der Waals surface area (Å²) in [6.07, 6.45) is -0.231. The van der Waals surface area contributed by atoms with Gasteiger partial charge in [-0.2, -0.15) is 0 Å². The number of methoxy groups -OCH3 is 1. The van der Waals surface area contributed by atoms with Crippen LogP contribution in [0.1, 0.15) is 22.6 Å². The number of hydrogen-bond donors (Lipinski definition) is 0. The van der Waals surface area contributed by atoms with Gasteiger partial charge < -0.3 is 28.5 Å². The van der Waals surface area contributed by atoms with Crippen LogP contribution >= 0.6 is 0 Å². The Hall–Kier alpha value is -4.79. The van der Waals surface area contributed by atoms with Crippen LogP contribution in [0.3, 0.4) is 0 Å². The monoisotopic (exact) mass is 529 g/mol. The molecule has 0 aliphatic heterocycles. The number of benzene rings is 3. The first-order valence-corrected chi connectivity index (χ1v) is 12.4. The van der Waals surface area contributed by atoms with Crippen LogP contribution in [0.15, 0.2) is 77.2 Å². The molecule has 1 amide bonds. The zero-order valence-electron chi connectivity index (χ0n) is 22.0. The number of carboxylic acids is 1. The Labute approximate surface area is 226 Å². The van der Waals surface area contributed by atoms with E-state index in [-0.39, 0.29) is 6.54 Å². The predicted octanol–water partition coefficient (Wildman–Crippen LogP) is 4.34. The first-order valence-electron chi connectivity index (χ1n) is 12.4. The zero-order chi connectivity index (χ0) is 27.8. The average Bonchev–Trinajstić information content (AvgIpc) is 3.30. The minimum absolute atomic E-state index is 0.0166. The molecular weight excluding hydrogens is 500 g/mol. The number of ether oxygens (including phenoxy) is 3. The maximum Gasteiger partial charge on any atom is 0.415 e. The molecule has 4 aromatic rings. The molecule has 3 aromatic carbocycles. The fraction of sp³-hybridized carbons (Fsp3) is 0.233. The molecule has 0 aliphatic carbocycles. The van der Waals surface area contributed by atoms with Gasteiger partial charge in [0.2, 0.25) is 5.89 Å². The molecule has 0 unspecified atom stereocenters. The van der Waals surface area contributed by atoms with Gasteiger partial charge in [-0.25, -0.2) is 9.78 Å². The second-order valence-corrected chi connectivity index (χ2v) is 8.86. The van der Waals surface area contributed by atoms with Crippen LogP contribution in [-0.4, -0.2) is 42.2 Å². The summed E-state index contributed by atoms with van der Waals surface area (Å²) in [4.78, 5) is 29.7. The quantitative estimate of drug-likeness (QED) is 0.282. The van der Waals surface area contributed by atoms with E-state index in [0.717, 1.165) is 21.9 Å². The number of aromatic nitrogens is 1. The zero-order valence-corrected chi connectivity index (χ0v) is 22.0. The summed E-state index contributed by atoms with van der Waals surface area (Å²) in [5, 5.41) is 11.3. The molecule has 0 aliphatic rings. The molecule has 0 spiro atoms. The Bertz CT molecular complexity index is 1420. The number of rotatable bonds is 11. The van der Waals surface area contributed by atoms with E-state index in [0.29, 0.717) is 47.3 Å². The van der Waals surface area contributed by atoms with Crippen molar-refractivity contribution in [1.29, 1.82) is 0 Å². The largest absolute Gasteiger partial charge is 0.548 e. The third kappa shape index (κ3) is 7.38. The number of carbonyl (C=O) groups is 2. The molecule has 9 nitrogen and oxygen atoms in total. The number of carboxylic acid groups (broad SMARTS) is 1. The fourth-order valence-corrected chi connectivity index (χ4v) is 3.90. The van der Waals surface area contributed by atoms with Gasteiger partial charge in [-0.1, -0.05) is 30.3 Å². The number of aryl methyl sites for hydroxylation is 2. The fourth-order valence-electron chi connectivity index (χ4n) is 3.90. The lowest BCUT2D eigenvalue weighted by Crippen LogP contribution is -2.42. The van der Waals surface area contributed by atoms with Gasteiger partial charge in [-0.15, -0.1) is 0 Å². The molecule has 1 heterocycles. The molecule has 0 N–H and O–H groups in total. The van der Waals surface area contributed by atoms with Crippen LogP contribution in [0.2, 0.25) is 0 Å². The molecular formula is C30H29N2O7-. The van der Waals surface area contributed by atoms with E-state index in [1.807, 2.05) is 37.3 Å². The number of oxazole rings is 1. The van der Waals surface area contributed by atoms with Gasteiger partial charge in [-0.3, -0.25) is 4.90 Å². The molecule has 0 bridgehead atoms. The Morgan fingerprint density at radius 3 is 2.36 bits per heavy atom. The second-order valence-electron chi connectivity index (χ2n) is 8.86. The standard InChI is InChI=1S/C30H30N2O7/c1-20-17-25(36-3)13-14-27(20)39-30(35)32(19-28(33)34)18-22-9-11-24(12-10-22)37-16-15-26-21(2)38-29(31-26)23-7-5-4-6-8-23/h4-14,17H,15-16,18-19H2,1-3H3,(H,33,34)/p-1. The number of hydrogen-bond acceptors (Lipinski definition) is 8. The van der Waals surface area contributed by atoms with E-state index in [4.69, 9.17) is 18.6 Å². The molecule has 0 saturated carbocycles. The molecule has 0 atom stereocenters. The van der Waals surface area contributed by atoms with Gasteiger partial charge in [0.05, 0.1) is 31.9 Å². The normalized spacial score (nSPS) is 10.6. The van der Waals surface area contributed by atoms with Crippen LogP contribution in [0, 0.1) is 13.8 Å². The molecule has 0 fully saturated rings. The maximum atomic E-state index is 12.8. The van der Waals surface area contributed by atoms with Crippen LogP contribution in [0.4, 0.5) is 4.79 Å². The smallest absolute Gasteiger partial charge is 0.415 e. The second kappa shape index (κ2) is 12.6. The topological polar surface area (TPSA) is 114 Å². The van der Waals surface area contributed by atoms with E-state index in [2.05, 4.69) is 4.98 Å². The highest BCUT2D eigenvalue weighted by molar-refractivity contribution is 5.77. The van der Waals surface area contributed by atoms with Gasteiger partial charge in [0.1, 0.15) is 23.0 Å². The van der Waals surface area contributed by atoms with Crippen molar-refractivity contribution in [2.24, 2.45) is 0 Å². The molecule has 202 valence electrons. The van der Waals surface area contributed by atoms with Crippen molar-refractivity contribution < 1.29 is 33.3 Å². The third-order valence-corrected chi connectivity index (χ3v) is 5.98. The number of aliphatic carboxylic acids is 1. The van der Waals surface area contributed by atoms with Gasteiger partial charge in [0, 0.05) is 18.5 Å². The molecule has 9 heteroatoms. The van der Waals surface area contributed by atoms with Gasteiger partial charge >= 0.3 is 6.09 Å². The van der Waals surface area contributed by atoms with Crippen molar-refractivity contribution >= 4 is 12.1 Å². The van der Waals surface area contributed by atoms with Crippen molar-refractivity contribution in [3.63, 3.8) is 0 Å². The van der Waals surface area contributed by atoms with Gasteiger partial charge in [0.15, 0.2) is 0 Å². The van der Waals surface area contributed by atoms with Crippen molar-refractivity contribution in [2.45, 2.75) is 26.8 Å². The van der Waals surface area contributed by atoms with Gasteiger partial charge in [-0.05, 0) is 67.4 Å². The van der Waals surface area contributed by atoms with Crippen molar-refractivity contribution in [2.75, 3.05) is 20.3 Å². The lowest BCUT2D eigenvalue weighted by Gasteiger charge is -2.23. The first-order chi connectivity index (χ1) is 18.8. The lowest BCUT2D eigenvalue weighted by molar-refractivity contribution is -0.305. The molecule has 0 saturated heterocycles. The van der Waals surface area contributed by atoms with E-state index in [1.54, 1.807) is 49.4 Å². The number of carbonyl (C=O) groups excluding carboxylic acids is 2. The summed E-state index contributed by atoms with van der Waals surface area (Å²) < 4.78 is 22.3. The number of nitrogens with zero attached hydrogens (tertiary/aromatic N) is 2. The number of amides is 1. The van der Waals surface area contributed by atoms with E-state index in [1.165, 1.54) is 7.11 Å². The summed E-state index contributed by atoms with van der Waals surface area (Å²) in [7, 11) is 1.54. The Balaban J connectivity index is 1.33. The van der Waals surface area contributed by atoms with Crippen LogP contribution in [-0.2, 0) is 17.8 Å². The summed E-state index contributed by atoms with van der Waals surface area (Å²) in [6.45, 7) is 3.43. The SMILES string of the molecule is COc1ccc(OC(=O)N(CC(=O)[O-])Cc2ccc(OCCc3nc(-c4ccccc4)oc3C)cc2)c(C)c1. The van der Waals surface area contributed by atoms with Crippen LogP contribution in [0.25, 0.3) is 11.5 Å². The van der Waals surface area contributed by atoms with Crippen LogP contribution in [0.5, 0.6) is 17.2 Å². The molecule has 1 aromatic heterocycles. The predicted molar refractivity (Wildman–Crippen MR) is 141 cm³/mol. The third-order valence-electron chi connectivity index (χ3n) is 5.98. The summed E-state index contributed by atoms with van der Waals surface area (Å²) >= 11 is 0. The highest BCUT2D eigenvalue weighted by Crippen LogP contribution is 2.25. The summed E-state index contributed by atoms with van der Waals surface area (Å²) in [5.74, 6) is 1.50. The molecule has 4 rings (SSSR count). The Morgan fingerprint density at radius 1 is 0.974 bits per heavy atom. The van der Waals surface area contributed by atoms with Crippen molar-refractivity contribution in [3.05, 3.63) is 95.4 Å². The van der Waals surface area contributed by atoms with E-state index in [9.17, 15) is 14.7 Å². The highest BCUT2D eigenvalue weighted by Gasteiger charge is 2.18. The van der Waals surface area contributed by atoms with Crippen LogP contribution < -0.4 is 19.3 Å². The first kappa shape index (κ1) is 27.3. The van der Waals surface area contributed by atoms with E-state index >= 15 is 0 Å². The van der Waals surface area contributed by atoms with Gasteiger partial charge in [0.25, 0.3) is 0 Å². The average molecular weight is 530 g/mol. The highest BCUT2D eigenvalue weighted by atomic mass is 16.6. The Morgan fingerprint density at radius 2 is 1.69 bits per heavy atom. The molecule has 39 heavy (non-hydrogen) atoms. The lowest BCUT2D eigenvalue weighted by atomic mass is 10.2. The summed E-state index contributed by atoms with van der Waals surface area (Å²) in [5.41, 5.74) is 3.12.